The van der Waals surface area contributed by atoms with Gasteiger partial charge in [0.25, 0.3) is 0 Å². The first-order valence-electron chi connectivity index (χ1n) is 9.72. The fraction of sp³-hybridized carbons (Fsp3) is 0.700. The van der Waals surface area contributed by atoms with Crippen LogP contribution >= 0.6 is 35.3 Å². The fourth-order valence-corrected chi connectivity index (χ4v) is 4.59. The van der Waals surface area contributed by atoms with E-state index in [9.17, 15) is 4.79 Å². The molecule has 0 unspecified atom stereocenters. The summed E-state index contributed by atoms with van der Waals surface area (Å²) in [6.45, 7) is 8.06. The number of hydrogen-bond donors (Lipinski definition) is 3. The summed E-state index contributed by atoms with van der Waals surface area (Å²) in [5.41, 5.74) is -0.313. The van der Waals surface area contributed by atoms with Crippen molar-refractivity contribution in [2.24, 2.45) is 10.4 Å². The number of rotatable bonds is 7. The molecule has 1 aliphatic rings. The predicted octanol–water partition coefficient (Wildman–Crippen LogP) is 3.90. The minimum Gasteiger partial charge on any atom is -0.359 e. The minimum absolute atomic E-state index is 0. The van der Waals surface area contributed by atoms with Crippen LogP contribution in [0, 0.1) is 5.41 Å². The van der Waals surface area contributed by atoms with Crippen molar-refractivity contribution in [3.8, 4) is 0 Å². The van der Waals surface area contributed by atoms with Gasteiger partial charge in [-0.05, 0) is 45.1 Å². The van der Waals surface area contributed by atoms with Crippen LogP contribution in [0.1, 0.15) is 57.8 Å². The molecular weight excluding hydrogens is 471 g/mol. The maximum Gasteiger partial charge on any atom is 0.227 e. The summed E-state index contributed by atoms with van der Waals surface area (Å²) in [7, 11) is 1.67. The Morgan fingerprint density at radius 1 is 1.26 bits per heavy atom. The lowest BCUT2D eigenvalue weighted by Gasteiger charge is -2.37. The summed E-state index contributed by atoms with van der Waals surface area (Å²) < 4.78 is 0. The lowest BCUT2D eigenvalue weighted by Crippen LogP contribution is -2.47. The molecule has 1 amide bonds. The van der Waals surface area contributed by atoms with Crippen LogP contribution < -0.4 is 16.0 Å². The van der Waals surface area contributed by atoms with E-state index in [0.29, 0.717) is 6.54 Å². The number of nitrogens with one attached hydrogen (secondary N) is 3. The molecule has 0 atom stereocenters. The molecule has 3 N–H and O–H groups in total. The van der Waals surface area contributed by atoms with Gasteiger partial charge in [-0.1, -0.05) is 25.3 Å². The molecule has 7 heteroatoms. The van der Waals surface area contributed by atoms with E-state index in [1.165, 1.54) is 37.0 Å². The highest BCUT2D eigenvalue weighted by Crippen LogP contribution is 2.41. The molecule has 154 valence electrons. The van der Waals surface area contributed by atoms with Crippen LogP contribution in [0.3, 0.4) is 0 Å². The molecule has 1 saturated carbocycles. The Hall–Kier alpha value is -0.830. The average Bonchev–Trinajstić information content (AvgIpc) is 3.19. The molecule has 1 aliphatic carbocycles. The van der Waals surface area contributed by atoms with Crippen LogP contribution in [-0.4, -0.2) is 38.5 Å². The third kappa shape index (κ3) is 6.62. The number of halogens is 1. The van der Waals surface area contributed by atoms with Gasteiger partial charge in [-0.15, -0.1) is 35.3 Å². The Labute approximate surface area is 185 Å². The highest BCUT2D eigenvalue weighted by atomic mass is 127. The van der Waals surface area contributed by atoms with E-state index in [2.05, 4.69) is 45.4 Å². The first-order valence-corrected chi connectivity index (χ1v) is 10.6. The van der Waals surface area contributed by atoms with Crippen LogP contribution in [0.25, 0.3) is 0 Å². The Balaban J connectivity index is 0.00000364. The zero-order chi connectivity index (χ0) is 19.0. The summed E-state index contributed by atoms with van der Waals surface area (Å²) >= 11 is 1.86. The van der Waals surface area contributed by atoms with Crippen LogP contribution in [0.5, 0.6) is 0 Å². The first-order chi connectivity index (χ1) is 12.4. The fourth-order valence-electron chi connectivity index (χ4n) is 3.60. The van der Waals surface area contributed by atoms with Crippen LogP contribution in [0.15, 0.2) is 22.5 Å². The van der Waals surface area contributed by atoms with Crippen LogP contribution in [0.2, 0.25) is 0 Å². The van der Waals surface area contributed by atoms with E-state index < -0.39 is 5.41 Å². The molecule has 0 bridgehead atoms. The van der Waals surface area contributed by atoms with Crippen molar-refractivity contribution in [3.05, 3.63) is 22.4 Å². The highest BCUT2D eigenvalue weighted by Gasteiger charge is 2.35. The van der Waals surface area contributed by atoms with Gasteiger partial charge in [0.1, 0.15) is 0 Å². The molecule has 1 aromatic rings. The van der Waals surface area contributed by atoms with E-state index >= 15 is 0 Å². The maximum absolute atomic E-state index is 12.0. The minimum atomic E-state index is -0.520. The van der Waals surface area contributed by atoms with Gasteiger partial charge < -0.3 is 16.0 Å². The Morgan fingerprint density at radius 3 is 2.52 bits per heavy atom. The van der Waals surface area contributed by atoms with E-state index in [1.807, 2.05) is 25.2 Å². The third-order valence-electron chi connectivity index (χ3n) is 5.27. The van der Waals surface area contributed by atoms with Gasteiger partial charge in [0.05, 0.1) is 12.0 Å². The number of aliphatic imine (C=N–C) groups is 1. The van der Waals surface area contributed by atoms with Crippen molar-refractivity contribution in [2.75, 3.05) is 26.7 Å². The Morgan fingerprint density at radius 2 is 1.96 bits per heavy atom. The smallest absolute Gasteiger partial charge is 0.227 e. The quantitative estimate of drug-likeness (QED) is 0.299. The zero-order valence-corrected chi connectivity index (χ0v) is 20.2. The molecule has 0 aliphatic heterocycles. The molecule has 1 heterocycles. The van der Waals surface area contributed by atoms with E-state index in [-0.39, 0.29) is 35.3 Å². The number of amides is 1. The van der Waals surface area contributed by atoms with E-state index in [4.69, 9.17) is 0 Å². The zero-order valence-electron chi connectivity index (χ0n) is 17.1. The SMILES string of the molecule is CCNC(=NCC(C)(C)C(=O)NC)NCC1(c2cccs2)CCCCC1.I. The topological polar surface area (TPSA) is 65.5 Å². The standard InChI is InChI=1S/C20H34N4OS.HI/c1-5-22-18(23-14-19(2,3)17(25)21-4)24-15-20(11-7-6-8-12-20)16-10-9-13-26-16;/h9-10,13H,5-8,11-12,14-15H2,1-4H3,(H,21,25)(H2,22,23,24);1H. The summed E-state index contributed by atoms with van der Waals surface area (Å²) in [6, 6.07) is 4.43. The molecule has 27 heavy (non-hydrogen) atoms. The van der Waals surface area contributed by atoms with Crippen molar-refractivity contribution < 1.29 is 4.79 Å². The number of nitrogens with zero attached hydrogens (tertiary/aromatic N) is 1. The van der Waals surface area contributed by atoms with Crippen molar-refractivity contribution in [2.45, 2.75) is 58.3 Å². The molecular formula is C20H35IN4OS. The van der Waals surface area contributed by atoms with Gasteiger partial charge in [0.2, 0.25) is 5.91 Å². The predicted molar refractivity (Wildman–Crippen MR) is 126 cm³/mol. The summed E-state index contributed by atoms with van der Waals surface area (Å²) in [4.78, 5) is 18.2. The Kier molecular flexibility index (Phi) is 10.1. The summed E-state index contributed by atoms with van der Waals surface area (Å²) in [5.74, 6) is 0.811. The van der Waals surface area contributed by atoms with E-state index in [0.717, 1.165) is 19.0 Å². The number of carbonyl (C=O) groups is 1. The van der Waals surface area contributed by atoms with Gasteiger partial charge in [0, 0.05) is 30.4 Å². The second kappa shape index (κ2) is 11.2. The molecule has 0 saturated heterocycles. The van der Waals surface area contributed by atoms with Crippen LogP contribution in [0.4, 0.5) is 0 Å². The van der Waals surface area contributed by atoms with Crippen molar-refractivity contribution in [1.82, 2.24) is 16.0 Å². The van der Waals surface area contributed by atoms with Gasteiger partial charge in [-0.2, -0.15) is 0 Å². The van der Waals surface area contributed by atoms with Crippen molar-refractivity contribution in [3.63, 3.8) is 0 Å². The van der Waals surface area contributed by atoms with Gasteiger partial charge >= 0.3 is 0 Å². The first kappa shape index (κ1) is 24.2. The number of guanidine groups is 1. The molecule has 0 radical (unpaired) electrons. The van der Waals surface area contributed by atoms with E-state index in [1.54, 1.807) is 7.05 Å². The van der Waals surface area contributed by atoms with Crippen molar-refractivity contribution in [1.29, 1.82) is 0 Å². The summed E-state index contributed by atoms with van der Waals surface area (Å²) in [5, 5.41) is 11.8. The van der Waals surface area contributed by atoms with Crippen molar-refractivity contribution >= 4 is 47.2 Å². The molecule has 1 aromatic heterocycles. The second-order valence-corrected chi connectivity index (χ2v) is 8.78. The maximum atomic E-state index is 12.0. The highest BCUT2D eigenvalue weighted by molar-refractivity contribution is 14.0. The second-order valence-electron chi connectivity index (χ2n) is 7.83. The number of hydrogen-bond acceptors (Lipinski definition) is 3. The molecule has 2 rings (SSSR count). The largest absolute Gasteiger partial charge is 0.359 e. The molecule has 1 fully saturated rings. The molecule has 0 aromatic carbocycles. The van der Waals surface area contributed by atoms with Gasteiger partial charge in [-0.25, -0.2) is 0 Å². The average molecular weight is 506 g/mol. The third-order valence-corrected chi connectivity index (χ3v) is 6.38. The normalized spacial score (nSPS) is 17.0. The lowest BCUT2D eigenvalue weighted by atomic mass is 9.73. The molecule has 5 nitrogen and oxygen atoms in total. The van der Waals surface area contributed by atoms with Crippen LogP contribution in [-0.2, 0) is 10.2 Å². The van der Waals surface area contributed by atoms with Gasteiger partial charge in [0.15, 0.2) is 5.96 Å². The monoisotopic (exact) mass is 506 g/mol. The van der Waals surface area contributed by atoms with Gasteiger partial charge in [-0.3, -0.25) is 9.79 Å². The number of carbonyl (C=O) groups excluding carboxylic acids is 1. The number of thiophene rings is 1. The lowest BCUT2D eigenvalue weighted by molar-refractivity contribution is -0.128. The summed E-state index contributed by atoms with van der Waals surface area (Å²) in [6.07, 6.45) is 6.36. The molecule has 0 spiro atoms. The Bertz CT molecular complexity index is 595.